The number of hydrogen-bond acceptors (Lipinski definition) is 4. The van der Waals surface area contributed by atoms with E-state index >= 15 is 0 Å². The minimum atomic E-state index is -3.56. The van der Waals surface area contributed by atoms with Crippen LogP contribution in [0.5, 0.6) is 0 Å². The standard InChI is InChI=1S/C14H23ClN2O2S2/c1-20-9-5-3-2-4-8-17-21(18,19)14-10-12(11-16)6-7-13(14)15/h6-7,10,17H,2-5,8-9,11,16H2,1H3. The van der Waals surface area contributed by atoms with Crippen LogP contribution < -0.4 is 10.5 Å². The minimum absolute atomic E-state index is 0.106. The maximum Gasteiger partial charge on any atom is 0.242 e. The zero-order valence-electron chi connectivity index (χ0n) is 12.3. The lowest BCUT2D eigenvalue weighted by atomic mass is 10.2. The monoisotopic (exact) mass is 350 g/mol. The van der Waals surface area contributed by atoms with E-state index in [1.807, 2.05) is 11.8 Å². The van der Waals surface area contributed by atoms with Crippen molar-refractivity contribution in [1.82, 2.24) is 4.72 Å². The van der Waals surface area contributed by atoms with Gasteiger partial charge in [-0.1, -0.05) is 30.5 Å². The highest BCUT2D eigenvalue weighted by atomic mass is 35.5. The normalized spacial score (nSPS) is 11.8. The number of sulfonamides is 1. The maximum absolute atomic E-state index is 12.2. The smallest absolute Gasteiger partial charge is 0.242 e. The number of nitrogens with one attached hydrogen (secondary N) is 1. The summed E-state index contributed by atoms with van der Waals surface area (Å²) in [5, 5.41) is 0.222. The zero-order valence-corrected chi connectivity index (χ0v) is 14.7. The number of halogens is 1. The number of unbranched alkanes of at least 4 members (excludes halogenated alkanes) is 3. The van der Waals surface area contributed by atoms with Gasteiger partial charge in [0.1, 0.15) is 4.90 Å². The zero-order chi connectivity index (χ0) is 15.7. The molecule has 0 saturated heterocycles. The molecule has 0 aliphatic rings. The molecular weight excluding hydrogens is 328 g/mol. The third kappa shape index (κ3) is 6.57. The van der Waals surface area contributed by atoms with Gasteiger partial charge in [0.15, 0.2) is 0 Å². The first-order valence-corrected chi connectivity index (χ1v) is 10.2. The van der Waals surface area contributed by atoms with Crippen LogP contribution in [-0.4, -0.2) is 27.0 Å². The topological polar surface area (TPSA) is 72.2 Å². The SMILES string of the molecule is CSCCCCCCNS(=O)(=O)c1cc(CN)ccc1Cl. The summed E-state index contributed by atoms with van der Waals surface area (Å²) < 4.78 is 27.0. The fraction of sp³-hybridized carbons (Fsp3) is 0.571. The third-order valence-corrected chi connectivity index (χ3v) is 5.73. The van der Waals surface area contributed by atoms with Crippen molar-refractivity contribution in [3.05, 3.63) is 28.8 Å². The van der Waals surface area contributed by atoms with Gasteiger partial charge in [-0.05, 0) is 42.5 Å². The van der Waals surface area contributed by atoms with E-state index in [0.717, 1.165) is 30.6 Å². The summed E-state index contributed by atoms with van der Waals surface area (Å²) in [5.74, 6) is 1.16. The number of nitrogens with two attached hydrogens (primary N) is 1. The molecule has 120 valence electrons. The fourth-order valence-corrected chi connectivity index (χ4v) is 4.00. The molecule has 7 heteroatoms. The van der Waals surface area contributed by atoms with Crippen molar-refractivity contribution in [2.45, 2.75) is 37.1 Å². The van der Waals surface area contributed by atoms with Crippen molar-refractivity contribution < 1.29 is 8.42 Å². The maximum atomic E-state index is 12.2. The molecule has 0 radical (unpaired) electrons. The first kappa shape index (κ1) is 18.8. The Labute approximate surface area is 136 Å². The van der Waals surface area contributed by atoms with Gasteiger partial charge in [-0.15, -0.1) is 0 Å². The molecule has 0 amide bonds. The minimum Gasteiger partial charge on any atom is -0.326 e. The molecule has 0 bridgehead atoms. The first-order valence-electron chi connectivity index (χ1n) is 6.98. The van der Waals surface area contributed by atoms with Crippen molar-refractivity contribution in [1.29, 1.82) is 0 Å². The molecule has 0 atom stereocenters. The molecule has 0 aliphatic heterocycles. The number of hydrogen-bond donors (Lipinski definition) is 2. The fourth-order valence-electron chi connectivity index (χ4n) is 1.89. The number of benzene rings is 1. The van der Waals surface area contributed by atoms with E-state index in [9.17, 15) is 8.42 Å². The van der Waals surface area contributed by atoms with Gasteiger partial charge < -0.3 is 5.73 Å². The summed E-state index contributed by atoms with van der Waals surface area (Å²) >= 11 is 7.81. The lowest BCUT2D eigenvalue weighted by molar-refractivity contribution is 0.574. The molecule has 0 fully saturated rings. The van der Waals surface area contributed by atoms with Gasteiger partial charge in [0.2, 0.25) is 10.0 Å². The van der Waals surface area contributed by atoms with Crippen LogP contribution >= 0.6 is 23.4 Å². The number of thioether (sulfide) groups is 1. The average molecular weight is 351 g/mol. The van der Waals surface area contributed by atoms with Crippen molar-refractivity contribution in [3.8, 4) is 0 Å². The molecule has 0 heterocycles. The van der Waals surface area contributed by atoms with Crippen LogP contribution in [0.15, 0.2) is 23.1 Å². The molecule has 0 aliphatic carbocycles. The summed E-state index contributed by atoms with van der Waals surface area (Å²) in [6.07, 6.45) is 6.26. The summed E-state index contributed by atoms with van der Waals surface area (Å²) in [5.41, 5.74) is 6.28. The average Bonchev–Trinajstić information content (AvgIpc) is 2.46. The summed E-state index contributed by atoms with van der Waals surface area (Å²) in [6, 6.07) is 4.83. The predicted molar refractivity (Wildman–Crippen MR) is 91.4 cm³/mol. The molecular formula is C14H23ClN2O2S2. The predicted octanol–water partition coefficient (Wildman–Crippen LogP) is 3.00. The van der Waals surface area contributed by atoms with Gasteiger partial charge in [0.05, 0.1) is 5.02 Å². The van der Waals surface area contributed by atoms with E-state index in [-0.39, 0.29) is 16.5 Å². The van der Waals surface area contributed by atoms with Crippen molar-refractivity contribution >= 4 is 33.4 Å². The summed E-state index contributed by atoms with van der Waals surface area (Å²) in [7, 11) is -3.56. The highest BCUT2D eigenvalue weighted by Crippen LogP contribution is 2.22. The van der Waals surface area contributed by atoms with Crippen molar-refractivity contribution in [2.24, 2.45) is 5.73 Å². The van der Waals surface area contributed by atoms with E-state index < -0.39 is 10.0 Å². The molecule has 0 aromatic heterocycles. The second-order valence-corrected chi connectivity index (χ2v) is 7.90. The molecule has 3 N–H and O–H groups in total. The lowest BCUT2D eigenvalue weighted by Gasteiger charge is -2.09. The molecule has 1 aromatic rings. The van der Waals surface area contributed by atoms with Gasteiger partial charge in [-0.2, -0.15) is 11.8 Å². The lowest BCUT2D eigenvalue weighted by Crippen LogP contribution is -2.25. The van der Waals surface area contributed by atoms with Gasteiger partial charge in [-0.3, -0.25) is 0 Å². The molecule has 0 spiro atoms. The van der Waals surface area contributed by atoms with E-state index in [2.05, 4.69) is 11.0 Å². The highest BCUT2D eigenvalue weighted by Gasteiger charge is 2.17. The van der Waals surface area contributed by atoms with E-state index in [1.165, 1.54) is 12.5 Å². The third-order valence-electron chi connectivity index (χ3n) is 3.09. The van der Waals surface area contributed by atoms with Crippen LogP contribution in [0.1, 0.15) is 31.2 Å². The van der Waals surface area contributed by atoms with Gasteiger partial charge in [0.25, 0.3) is 0 Å². The second-order valence-electron chi connectivity index (χ2n) is 4.77. The molecule has 1 aromatic carbocycles. The van der Waals surface area contributed by atoms with E-state index in [4.69, 9.17) is 17.3 Å². The Bertz CT molecular complexity index is 536. The molecule has 21 heavy (non-hydrogen) atoms. The number of rotatable bonds is 10. The van der Waals surface area contributed by atoms with Crippen LogP contribution in [0, 0.1) is 0 Å². The summed E-state index contributed by atoms with van der Waals surface area (Å²) in [4.78, 5) is 0.106. The quantitative estimate of drug-likeness (QED) is 0.636. The Morgan fingerprint density at radius 1 is 1.24 bits per heavy atom. The molecule has 0 saturated carbocycles. The van der Waals surface area contributed by atoms with E-state index in [0.29, 0.717) is 6.54 Å². The summed E-state index contributed by atoms with van der Waals surface area (Å²) in [6.45, 7) is 0.722. The van der Waals surface area contributed by atoms with Gasteiger partial charge >= 0.3 is 0 Å². The Balaban J connectivity index is 2.50. The Kier molecular flexibility index (Phi) is 8.66. The Hall–Kier alpha value is -0.270. The largest absolute Gasteiger partial charge is 0.326 e. The van der Waals surface area contributed by atoms with Crippen LogP contribution in [0.2, 0.25) is 5.02 Å². The van der Waals surface area contributed by atoms with Crippen LogP contribution in [-0.2, 0) is 16.6 Å². The molecule has 4 nitrogen and oxygen atoms in total. The van der Waals surface area contributed by atoms with Crippen LogP contribution in [0.4, 0.5) is 0 Å². The van der Waals surface area contributed by atoms with Crippen molar-refractivity contribution in [2.75, 3.05) is 18.6 Å². The highest BCUT2D eigenvalue weighted by molar-refractivity contribution is 7.98. The molecule has 1 rings (SSSR count). The van der Waals surface area contributed by atoms with Gasteiger partial charge in [-0.25, -0.2) is 13.1 Å². The van der Waals surface area contributed by atoms with Crippen LogP contribution in [0.3, 0.4) is 0 Å². The second kappa shape index (κ2) is 9.69. The molecule has 0 unspecified atom stereocenters. The van der Waals surface area contributed by atoms with E-state index in [1.54, 1.807) is 12.1 Å². The Morgan fingerprint density at radius 2 is 1.95 bits per heavy atom. The van der Waals surface area contributed by atoms with Crippen LogP contribution in [0.25, 0.3) is 0 Å². The van der Waals surface area contributed by atoms with Gasteiger partial charge in [0, 0.05) is 13.1 Å². The Morgan fingerprint density at radius 3 is 2.62 bits per heavy atom. The van der Waals surface area contributed by atoms with Crippen molar-refractivity contribution in [3.63, 3.8) is 0 Å². The first-order chi connectivity index (χ1) is 10.0.